The molecule has 27 heavy (non-hydrogen) atoms. The van der Waals surface area contributed by atoms with Crippen LogP contribution in [-0.2, 0) is 16.6 Å². The van der Waals surface area contributed by atoms with Crippen molar-refractivity contribution in [3.8, 4) is 11.5 Å². The highest BCUT2D eigenvalue weighted by atomic mass is 79.9. The minimum absolute atomic E-state index is 0.00533. The van der Waals surface area contributed by atoms with Gasteiger partial charge in [-0.05, 0) is 45.8 Å². The van der Waals surface area contributed by atoms with Gasteiger partial charge in [0.25, 0.3) is 10.0 Å². The van der Waals surface area contributed by atoms with E-state index in [1.54, 1.807) is 41.2 Å². The third-order valence-corrected chi connectivity index (χ3v) is 5.60. The number of halogens is 1. The lowest BCUT2D eigenvalue weighted by Gasteiger charge is -2.13. The second kappa shape index (κ2) is 8.01. The maximum atomic E-state index is 12.9. The lowest BCUT2D eigenvalue weighted by molar-refractivity contribution is 0.392. The highest BCUT2D eigenvalue weighted by Gasteiger charge is 2.21. The monoisotopic (exact) mass is 451 g/mol. The number of nitrogens with one attached hydrogen (secondary N) is 1. The molecule has 7 nitrogen and oxygen atoms in total. The first-order chi connectivity index (χ1) is 12.9. The second-order valence-electron chi connectivity index (χ2n) is 5.68. The van der Waals surface area contributed by atoms with E-state index < -0.39 is 10.0 Å². The van der Waals surface area contributed by atoms with E-state index in [4.69, 9.17) is 9.47 Å². The maximum absolute atomic E-state index is 12.9. The predicted octanol–water partition coefficient (Wildman–Crippen LogP) is 3.51. The molecule has 0 aliphatic carbocycles. The molecule has 1 aromatic heterocycles. The molecule has 0 bridgehead atoms. The molecule has 0 aliphatic rings. The van der Waals surface area contributed by atoms with Gasteiger partial charge in [0, 0.05) is 18.0 Å². The van der Waals surface area contributed by atoms with E-state index in [1.165, 1.54) is 20.3 Å². The summed E-state index contributed by atoms with van der Waals surface area (Å²) in [6.07, 6.45) is 3.54. The Kier molecular flexibility index (Phi) is 5.71. The third kappa shape index (κ3) is 4.61. The van der Waals surface area contributed by atoms with E-state index in [9.17, 15) is 8.42 Å². The number of ether oxygens (including phenoxy) is 2. The number of rotatable bonds is 7. The van der Waals surface area contributed by atoms with Crippen molar-refractivity contribution in [3.05, 3.63) is 64.9 Å². The Morgan fingerprint density at radius 1 is 1.15 bits per heavy atom. The lowest BCUT2D eigenvalue weighted by atomic mass is 10.2. The van der Waals surface area contributed by atoms with Crippen LogP contribution in [0.3, 0.4) is 0 Å². The minimum Gasteiger partial charge on any atom is -0.497 e. The Labute approximate surface area is 166 Å². The minimum atomic E-state index is -3.86. The summed E-state index contributed by atoms with van der Waals surface area (Å²) in [5.74, 6) is 0.662. The van der Waals surface area contributed by atoms with Crippen LogP contribution in [0.25, 0.3) is 0 Å². The van der Waals surface area contributed by atoms with Crippen molar-refractivity contribution in [2.45, 2.75) is 11.4 Å². The number of aromatic nitrogens is 2. The fourth-order valence-electron chi connectivity index (χ4n) is 2.55. The molecule has 0 atom stereocenters. The third-order valence-electron chi connectivity index (χ3n) is 3.79. The summed E-state index contributed by atoms with van der Waals surface area (Å²) in [6.45, 7) is 0.518. The predicted molar refractivity (Wildman–Crippen MR) is 106 cm³/mol. The topological polar surface area (TPSA) is 82.5 Å². The zero-order valence-electron chi connectivity index (χ0n) is 14.7. The molecule has 2 aromatic carbocycles. The Morgan fingerprint density at radius 3 is 2.63 bits per heavy atom. The van der Waals surface area contributed by atoms with Crippen molar-refractivity contribution in [1.29, 1.82) is 0 Å². The fourth-order valence-corrected chi connectivity index (χ4v) is 4.11. The van der Waals surface area contributed by atoms with Gasteiger partial charge >= 0.3 is 0 Å². The van der Waals surface area contributed by atoms with Gasteiger partial charge in [-0.2, -0.15) is 5.10 Å². The average Bonchev–Trinajstić information content (AvgIpc) is 3.05. The molecule has 0 radical (unpaired) electrons. The summed E-state index contributed by atoms with van der Waals surface area (Å²) >= 11 is 3.35. The quantitative estimate of drug-likeness (QED) is 0.594. The smallest absolute Gasteiger partial charge is 0.265 e. The van der Waals surface area contributed by atoms with Crippen LogP contribution in [0, 0.1) is 0 Å². The van der Waals surface area contributed by atoms with Crippen LogP contribution < -0.4 is 14.2 Å². The summed E-state index contributed by atoms with van der Waals surface area (Å²) in [5.41, 5.74) is 1.35. The summed E-state index contributed by atoms with van der Waals surface area (Å²) in [6, 6.07) is 11.8. The number of nitrogens with zero attached hydrogens (tertiary/aromatic N) is 2. The molecule has 142 valence electrons. The molecule has 0 unspecified atom stereocenters. The number of sulfonamides is 1. The second-order valence-corrected chi connectivity index (χ2v) is 8.25. The van der Waals surface area contributed by atoms with Crippen molar-refractivity contribution in [1.82, 2.24) is 9.78 Å². The molecule has 0 saturated heterocycles. The number of methoxy groups -OCH3 is 2. The molecule has 9 heteroatoms. The van der Waals surface area contributed by atoms with E-state index in [0.29, 0.717) is 18.0 Å². The van der Waals surface area contributed by atoms with Gasteiger partial charge in [0.2, 0.25) is 0 Å². The van der Waals surface area contributed by atoms with Gasteiger partial charge < -0.3 is 9.47 Å². The first kappa shape index (κ1) is 19.2. The maximum Gasteiger partial charge on any atom is 0.265 e. The first-order valence-electron chi connectivity index (χ1n) is 7.93. The molecule has 0 spiro atoms. The van der Waals surface area contributed by atoms with Crippen LogP contribution in [0.2, 0.25) is 0 Å². The molecule has 0 fully saturated rings. The van der Waals surface area contributed by atoms with Crippen LogP contribution in [0.5, 0.6) is 11.5 Å². The SMILES string of the molecule is COc1ccc(OC)c(S(=O)(=O)Nc2cccc(Cn3cc(Br)cn3)c2)c1. The van der Waals surface area contributed by atoms with E-state index in [-0.39, 0.29) is 10.6 Å². The number of hydrogen-bond acceptors (Lipinski definition) is 5. The molecule has 1 heterocycles. The van der Waals surface area contributed by atoms with Gasteiger partial charge in [-0.3, -0.25) is 9.40 Å². The van der Waals surface area contributed by atoms with Gasteiger partial charge in [-0.25, -0.2) is 8.42 Å². The Balaban J connectivity index is 1.87. The highest BCUT2D eigenvalue weighted by Crippen LogP contribution is 2.29. The van der Waals surface area contributed by atoms with E-state index in [1.807, 2.05) is 12.3 Å². The highest BCUT2D eigenvalue weighted by molar-refractivity contribution is 9.10. The summed E-state index contributed by atoms with van der Waals surface area (Å²) in [5, 5.41) is 4.21. The van der Waals surface area contributed by atoms with E-state index >= 15 is 0 Å². The Bertz CT molecular complexity index is 1050. The van der Waals surface area contributed by atoms with Crippen molar-refractivity contribution >= 4 is 31.6 Å². The van der Waals surface area contributed by atoms with Gasteiger partial charge in [0.05, 0.1) is 31.4 Å². The molecular weight excluding hydrogens is 434 g/mol. The van der Waals surface area contributed by atoms with Crippen LogP contribution in [0.1, 0.15) is 5.56 Å². The van der Waals surface area contributed by atoms with Crippen molar-refractivity contribution < 1.29 is 17.9 Å². The molecule has 0 saturated carbocycles. The molecular formula is C18H18BrN3O4S. The van der Waals surface area contributed by atoms with Crippen molar-refractivity contribution in [2.75, 3.05) is 18.9 Å². The molecule has 0 amide bonds. The normalized spacial score (nSPS) is 11.2. The van der Waals surface area contributed by atoms with Crippen LogP contribution >= 0.6 is 15.9 Å². The standard InChI is InChI=1S/C18H18BrN3O4S/c1-25-16-6-7-17(26-2)18(9-16)27(23,24)21-15-5-3-4-13(8-15)11-22-12-14(19)10-20-22/h3-10,12,21H,11H2,1-2H3. The van der Waals surface area contributed by atoms with Crippen molar-refractivity contribution in [3.63, 3.8) is 0 Å². The fraction of sp³-hybridized carbons (Fsp3) is 0.167. The van der Waals surface area contributed by atoms with Gasteiger partial charge in [0.1, 0.15) is 16.4 Å². The molecule has 3 aromatic rings. The van der Waals surface area contributed by atoms with E-state index in [0.717, 1.165) is 10.0 Å². The first-order valence-corrected chi connectivity index (χ1v) is 10.2. The average molecular weight is 452 g/mol. The van der Waals surface area contributed by atoms with Crippen LogP contribution in [-0.4, -0.2) is 32.4 Å². The Hall–Kier alpha value is -2.52. The number of hydrogen-bond donors (Lipinski definition) is 1. The lowest BCUT2D eigenvalue weighted by Crippen LogP contribution is -2.14. The van der Waals surface area contributed by atoms with Crippen LogP contribution in [0.4, 0.5) is 5.69 Å². The molecule has 3 rings (SSSR count). The number of benzene rings is 2. The van der Waals surface area contributed by atoms with E-state index in [2.05, 4.69) is 25.8 Å². The zero-order valence-corrected chi connectivity index (χ0v) is 17.1. The molecule has 1 N–H and O–H groups in total. The Morgan fingerprint density at radius 2 is 1.96 bits per heavy atom. The number of anilines is 1. The largest absolute Gasteiger partial charge is 0.497 e. The molecule has 0 aliphatic heterocycles. The van der Waals surface area contributed by atoms with Gasteiger partial charge in [0.15, 0.2) is 0 Å². The van der Waals surface area contributed by atoms with Gasteiger partial charge in [-0.1, -0.05) is 12.1 Å². The summed E-state index contributed by atoms with van der Waals surface area (Å²) in [4.78, 5) is 0.00533. The van der Waals surface area contributed by atoms with Crippen LogP contribution in [0.15, 0.2) is 64.2 Å². The zero-order chi connectivity index (χ0) is 19.4. The summed E-state index contributed by atoms with van der Waals surface area (Å²) < 4.78 is 41.2. The summed E-state index contributed by atoms with van der Waals surface area (Å²) in [7, 11) is -0.964. The van der Waals surface area contributed by atoms with Crippen molar-refractivity contribution in [2.24, 2.45) is 0 Å². The van der Waals surface area contributed by atoms with Gasteiger partial charge in [-0.15, -0.1) is 0 Å².